The van der Waals surface area contributed by atoms with Crippen LogP contribution in [0.5, 0.6) is 5.75 Å². The quantitative estimate of drug-likeness (QED) is 0.321. The maximum atomic E-state index is 13.6. The molecule has 2 bridgehead atoms. The van der Waals surface area contributed by atoms with Gasteiger partial charge >= 0.3 is 0 Å². The Morgan fingerprint density at radius 1 is 1.15 bits per heavy atom. The Hall–Kier alpha value is -3.34. The first kappa shape index (κ1) is 33.2. The third kappa shape index (κ3) is 5.63. The fraction of sp³-hybridized carbons (Fsp3) is 0.514. The predicted octanol–water partition coefficient (Wildman–Crippen LogP) is 6.16. The molecule has 256 valence electrons. The summed E-state index contributed by atoms with van der Waals surface area (Å²) >= 11 is 6.46. The van der Waals surface area contributed by atoms with Crippen molar-refractivity contribution in [2.24, 2.45) is 24.8 Å². The van der Waals surface area contributed by atoms with E-state index >= 15 is 0 Å². The zero-order valence-electron chi connectivity index (χ0n) is 28.1. The molecule has 7 rings (SSSR count). The lowest BCUT2D eigenvalue weighted by molar-refractivity contribution is -0.0874. The zero-order chi connectivity index (χ0) is 33.8. The van der Waals surface area contributed by atoms with E-state index in [1.165, 1.54) is 11.1 Å². The molecule has 0 unspecified atom stereocenters. The van der Waals surface area contributed by atoms with Gasteiger partial charge in [0, 0.05) is 61.6 Å². The summed E-state index contributed by atoms with van der Waals surface area (Å²) in [4.78, 5) is 20.7. The van der Waals surface area contributed by atoms with Crippen molar-refractivity contribution in [3.63, 3.8) is 0 Å². The smallest absolute Gasteiger partial charge is 0.264 e. The van der Waals surface area contributed by atoms with Gasteiger partial charge in [-0.05, 0) is 105 Å². The van der Waals surface area contributed by atoms with E-state index in [9.17, 15) is 13.2 Å². The highest BCUT2D eigenvalue weighted by molar-refractivity contribution is 7.90. The Morgan fingerprint density at radius 2 is 1.98 bits per heavy atom. The number of allylic oxidation sites excluding steroid dienone is 1. The highest BCUT2D eigenvalue weighted by Crippen LogP contribution is 2.51. The SMILES string of the molecule is CO[C@]1(c2nccn2C)/C=C/C[C@H](C)[C@@H](C)S(=O)(=O)NC(=O)c2ccc3c(c2)N(C[C@@H]2CC[C@H]21)C[C@@]1(CCCc2cc(Cl)ccc21)CO3. The van der Waals surface area contributed by atoms with Crippen LogP contribution >= 0.6 is 11.6 Å². The van der Waals surface area contributed by atoms with Crippen LogP contribution in [-0.2, 0) is 39.2 Å². The Kier molecular flexibility index (Phi) is 8.65. The second-order valence-electron chi connectivity index (χ2n) is 14.4. The molecule has 1 N–H and O–H groups in total. The number of sulfonamides is 1. The second-order valence-corrected chi connectivity index (χ2v) is 16.9. The highest BCUT2D eigenvalue weighted by atomic mass is 35.5. The van der Waals surface area contributed by atoms with Crippen molar-refractivity contribution in [3.8, 4) is 5.75 Å². The summed E-state index contributed by atoms with van der Waals surface area (Å²) in [5.74, 6) is 1.00. The Labute approximate surface area is 288 Å². The minimum Gasteiger partial charge on any atom is -0.490 e. The lowest BCUT2D eigenvalue weighted by atomic mass is 9.63. The summed E-state index contributed by atoms with van der Waals surface area (Å²) in [6.45, 7) is 5.45. The molecule has 0 saturated heterocycles. The van der Waals surface area contributed by atoms with Crippen molar-refractivity contribution in [3.05, 3.63) is 88.5 Å². The summed E-state index contributed by atoms with van der Waals surface area (Å²) in [6.07, 6.45) is 13.3. The van der Waals surface area contributed by atoms with Crippen molar-refractivity contribution in [1.29, 1.82) is 0 Å². The molecule has 2 aromatic carbocycles. The number of carbonyl (C=O) groups is 1. The molecule has 2 aliphatic heterocycles. The molecule has 2 aliphatic carbocycles. The number of amides is 1. The zero-order valence-corrected chi connectivity index (χ0v) is 29.7. The average molecular weight is 693 g/mol. The van der Waals surface area contributed by atoms with Crippen molar-refractivity contribution in [2.45, 2.75) is 68.6 Å². The standard InChI is InChI=1S/C37H45ClN4O5S/c1-24-7-5-16-37(46-4,35-39-17-18-41(35)3)31-12-9-28(31)21-42-22-36(15-6-8-26-19-29(38)11-13-30(26)36)23-47-33-14-10-27(20-32(33)42)34(43)40-48(44,45)25(24)2/h5,10-11,13-14,16-20,24-25,28,31H,6-9,12,15,21-23H2,1-4H3,(H,40,43)/b16-5+/t24-,25+,28-,31+,36-,37+/m0/s1. The molecular weight excluding hydrogens is 648 g/mol. The van der Waals surface area contributed by atoms with Crippen LogP contribution in [0.2, 0.25) is 5.02 Å². The summed E-state index contributed by atoms with van der Waals surface area (Å²) in [6, 6.07) is 11.5. The summed E-state index contributed by atoms with van der Waals surface area (Å²) in [7, 11) is -0.227. The molecule has 1 saturated carbocycles. The van der Waals surface area contributed by atoms with Gasteiger partial charge in [-0.2, -0.15) is 0 Å². The molecule has 48 heavy (non-hydrogen) atoms. The van der Waals surface area contributed by atoms with Gasteiger partial charge in [-0.1, -0.05) is 30.7 Å². The van der Waals surface area contributed by atoms with Crippen molar-refractivity contribution >= 4 is 33.2 Å². The van der Waals surface area contributed by atoms with Gasteiger partial charge in [-0.3, -0.25) is 4.79 Å². The molecule has 9 nitrogen and oxygen atoms in total. The van der Waals surface area contributed by atoms with Crippen LogP contribution < -0.4 is 14.4 Å². The number of aryl methyl sites for hydroxylation is 2. The van der Waals surface area contributed by atoms with Crippen LogP contribution in [0, 0.1) is 17.8 Å². The number of carbonyl (C=O) groups excluding carboxylic acids is 1. The number of imidazole rings is 1. The second kappa shape index (κ2) is 12.5. The van der Waals surface area contributed by atoms with Gasteiger partial charge < -0.3 is 18.9 Å². The number of rotatable bonds is 2. The fourth-order valence-corrected chi connectivity index (χ4v) is 10.0. The van der Waals surface area contributed by atoms with Crippen LogP contribution in [0.1, 0.15) is 73.3 Å². The van der Waals surface area contributed by atoms with Crippen LogP contribution in [-0.4, -0.2) is 55.9 Å². The molecule has 1 amide bonds. The molecule has 1 aromatic heterocycles. The number of hydrogen-bond acceptors (Lipinski definition) is 7. The van der Waals surface area contributed by atoms with Gasteiger partial charge in [-0.15, -0.1) is 0 Å². The maximum absolute atomic E-state index is 13.6. The van der Waals surface area contributed by atoms with Crippen LogP contribution in [0.15, 0.2) is 60.9 Å². The topological polar surface area (TPSA) is 103 Å². The third-order valence-electron chi connectivity index (χ3n) is 11.6. The Morgan fingerprint density at radius 3 is 2.71 bits per heavy atom. The number of halogens is 1. The van der Waals surface area contributed by atoms with E-state index in [0.29, 0.717) is 31.9 Å². The normalized spacial score (nSPS) is 32.2. The number of aromatic nitrogens is 2. The van der Waals surface area contributed by atoms with Crippen molar-refractivity contribution in [1.82, 2.24) is 14.3 Å². The van der Waals surface area contributed by atoms with Crippen LogP contribution in [0.4, 0.5) is 5.69 Å². The lowest BCUT2D eigenvalue weighted by Gasteiger charge is -2.50. The number of nitrogens with zero attached hydrogens (tertiary/aromatic N) is 3. The minimum absolute atomic E-state index is 0.122. The molecule has 0 radical (unpaired) electrons. The molecular formula is C37H45ClN4O5S. The first-order valence-corrected chi connectivity index (χ1v) is 19.0. The van der Waals surface area contributed by atoms with E-state index in [4.69, 9.17) is 26.1 Å². The maximum Gasteiger partial charge on any atom is 0.264 e. The van der Waals surface area contributed by atoms with E-state index in [2.05, 4.69) is 27.8 Å². The fourth-order valence-electron chi connectivity index (χ4n) is 8.54. The molecule has 3 heterocycles. The summed E-state index contributed by atoms with van der Waals surface area (Å²) in [5.41, 5.74) is 2.52. The van der Waals surface area contributed by atoms with Gasteiger partial charge in [-0.25, -0.2) is 18.1 Å². The predicted molar refractivity (Wildman–Crippen MR) is 187 cm³/mol. The number of fused-ring (bicyclic) bond motifs is 4. The van der Waals surface area contributed by atoms with Gasteiger partial charge in [0.15, 0.2) is 0 Å². The van der Waals surface area contributed by atoms with Crippen molar-refractivity contribution in [2.75, 3.05) is 31.7 Å². The largest absolute Gasteiger partial charge is 0.490 e. The number of benzene rings is 2. The molecule has 4 aliphatic rings. The van der Waals surface area contributed by atoms with E-state index in [1.807, 2.05) is 42.9 Å². The molecule has 11 heteroatoms. The minimum atomic E-state index is -3.97. The van der Waals surface area contributed by atoms with Gasteiger partial charge in [0.05, 0.1) is 17.5 Å². The molecule has 1 fully saturated rings. The Balaban J connectivity index is 1.36. The monoisotopic (exact) mass is 692 g/mol. The Bertz CT molecular complexity index is 1860. The lowest BCUT2D eigenvalue weighted by Crippen LogP contribution is -2.52. The molecule has 1 spiro atoms. The molecule has 3 aromatic rings. The van der Waals surface area contributed by atoms with Crippen LogP contribution in [0.25, 0.3) is 0 Å². The van der Waals surface area contributed by atoms with Crippen LogP contribution in [0.3, 0.4) is 0 Å². The number of nitrogens with one attached hydrogen (secondary N) is 1. The molecule has 6 atom stereocenters. The first-order valence-electron chi connectivity index (χ1n) is 17.0. The van der Waals surface area contributed by atoms with E-state index in [1.54, 1.807) is 32.4 Å². The van der Waals surface area contributed by atoms with Gasteiger partial charge in [0.2, 0.25) is 10.0 Å². The number of methoxy groups -OCH3 is 1. The number of anilines is 1. The van der Waals surface area contributed by atoms with E-state index in [-0.39, 0.29) is 28.7 Å². The average Bonchev–Trinajstić information content (AvgIpc) is 3.42. The van der Waals surface area contributed by atoms with Gasteiger partial charge in [0.1, 0.15) is 17.2 Å². The number of hydrogen-bond donors (Lipinski definition) is 1. The summed E-state index contributed by atoms with van der Waals surface area (Å²) < 4.78 is 44.5. The third-order valence-corrected chi connectivity index (χ3v) is 13.8. The first-order chi connectivity index (χ1) is 23.0. The summed E-state index contributed by atoms with van der Waals surface area (Å²) in [5, 5.41) is -0.0699. The highest BCUT2D eigenvalue weighted by Gasteiger charge is 2.51. The van der Waals surface area contributed by atoms with E-state index in [0.717, 1.165) is 48.6 Å². The van der Waals surface area contributed by atoms with Crippen molar-refractivity contribution < 1.29 is 22.7 Å². The van der Waals surface area contributed by atoms with E-state index < -0.39 is 26.8 Å². The van der Waals surface area contributed by atoms with Gasteiger partial charge in [0.25, 0.3) is 5.91 Å². The number of ether oxygens (including phenoxy) is 2.